The quantitative estimate of drug-likeness (QED) is 0.725. The highest BCUT2D eigenvalue weighted by molar-refractivity contribution is 7.12. The molecule has 7 heteroatoms. The van der Waals surface area contributed by atoms with E-state index < -0.39 is 5.97 Å². The lowest BCUT2D eigenvalue weighted by atomic mass is 9.90. The van der Waals surface area contributed by atoms with Crippen LogP contribution in [0.15, 0.2) is 35.7 Å². The summed E-state index contributed by atoms with van der Waals surface area (Å²) >= 11 is 1.42. The summed E-state index contributed by atoms with van der Waals surface area (Å²) in [6.07, 6.45) is 4.39. The van der Waals surface area contributed by atoms with Crippen LogP contribution in [0.3, 0.4) is 0 Å². The molecule has 0 atom stereocenters. The predicted molar refractivity (Wildman–Crippen MR) is 110 cm³/mol. The second-order valence-corrected chi connectivity index (χ2v) is 8.36. The summed E-state index contributed by atoms with van der Waals surface area (Å²) in [6, 6.07) is 9.35. The van der Waals surface area contributed by atoms with E-state index in [0.717, 1.165) is 19.3 Å². The number of ether oxygens (including phenoxy) is 1. The number of carbonyl (C=O) groups is 3. The van der Waals surface area contributed by atoms with Gasteiger partial charge in [-0.25, -0.2) is 4.79 Å². The Labute approximate surface area is 174 Å². The van der Waals surface area contributed by atoms with Gasteiger partial charge in [-0.15, -0.1) is 11.3 Å². The molecule has 0 saturated carbocycles. The molecule has 29 heavy (non-hydrogen) atoms. The Morgan fingerprint density at radius 2 is 1.66 bits per heavy atom. The van der Waals surface area contributed by atoms with Gasteiger partial charge in [-0.3, -0.25) is 9.59 Å². The first-order valence-electron chi connectivity index (χ1n) is 10.0. The number of fused-ring (bicyclic) bond motifs is 1. The highest BCUT2D eigenvalue weighted by atomic mass is 32.1. The third-order valence-electron chi connectivity index (χ3n) is 5.56. The summed E-state index contributed by atoms with van der Waals surface area (Å²) in [7, 11) is 0. The molecule has 0 N–H and O–H groups in total. The Morgan fingerprint density at radius 1 is 0.931 bits per heavy atom. The molecule has 2 heterocycles. The van der Waals surface area contributed by atoms with Crippen LogP contribution in [0.2, 0.25) is 0 Å². The predicted octanol–water partition coefficient (Wildman–Crippen LogP) is 2.77. The van der Waals surface area contributed by atoms with Gasteiger partial charge in [0, 0.05) is 26.2 Å². The molecular formula is C22H24N2O4S. The average Bonchev–Trinajstić information content (AvgIpc) is 3.31. The number of benzene rings is 1. The normalized spacial score (nSPS) is 16.3. The second-order valence-electron chi connectivity index (χ2n) is 7.42. The standard InChI is InChI=1S/C22H24N2O4S/c25-20(23-9-11-24(12-10-23)21(26)19-6-3-13-29-19)15-28-22(27)18-8-7-16-4-1-2-5-17(16)14-18/h3,6-8,13-14H,1-2,4-5,9-12,15H2. The Hall–Kier alpha value is -2.67. The summed E-state index contributed by atoms with van der Waals surface area (Å²) in [6.45, 7) is 1.61. The van der Waals surface area contributed by atoms with Gasteiger partial charge in [0.15, 0.2) is 6.61 Å². The molecular weight excluding hydrogens is 388 g/mol. The first-order valence-corrected chi connectivity index (χ1v) is 10.9. The van der Waals surface area contributed by atoms with Gasteiger partial charge in [-0.2, -0.15) is 0 Å². The molecule has 1 aliphatic carbocycles. The lowest BCUT2D eigenvalue weighted by molar-refractivity contribution is -0.136. The van der Waals surface area contributed by atoms with E-state index in [-0.39, 0.29) is 18.4 Å². The monoisotopic (exact) mass is 412 g/mol. The molecule has 4 rings (SSSR count). The minimum absolute atomic E-state index is 0.00550. The van der Waals surface area contributed by atoms with Gasteiger partial charge < -0.3 is 14.5 Å². The Balaban J connectivity index is 1.26. The number of nitrogens with zero attached hydrogens (tertiary/aromatic N) is 2. The van der Waals surface area contributed by atoms with Crippen LogP contribution in [0.25, 0.3) is 0 Å². The highest BCUT2D eigenvalue weighted by Crippen LogP contribution is 2.22. The van der Waals surface area contributed by atoms with Crippen LogP contribution >= 0.6 is 11.3 Å². The van der Waals surface area contributed by atoms with Crippen molar-refractivity contribution in [3.8, 4) is 0 Å². The number of piperazine rings is 1. The minimum Gasteiger partial charge on any atom is -0.452 e. The average molecular weight is 413 g/mol. The van der Waals surface area contributed by atoms with Crippen molar-refractivity contribution in [1.29, 1.82) is 0 Å². The molecule has 0 spiro atoms. The fraction of sp³-hybridized carbons (Fsp3) is 0.409. The van der Waals surface area contributed by atoms with E-state index >= 15 is 0 Å². The van der Waals surface area contributed by atoms with Gasteiger partial charge in [-0.05, 0) is 60.4 Å². The number of hydrogen-bond donors (Lipinski definition) is 0. The van der Waals surface area contributed by atoms with Crippen LogP contribution in [0.5, 0.6) is 0 Å². The van der Waals surface area contributed by atoms with E-state index in [9.17, 15) is 14.4 Å². The Kier molecular flexibility index (Phi) is 5.94. The molecule has 2 amide bonds. The highest BCUT2D eigenvalue weighted by Gasteiger charge is 2.26. The maximum Gasteiger partial charge on any atom is 0.338 e. The first kappa shape index (κ1) is 19.6. The fourth-order valence-corrected chi connectivity index (χ4v) is 4.57. The van der Waals surface area contributed by atoms with E-state index in [0.29, 0.717) is 36.6 Å². The van der Waals surface area contributed by atoms with E-state index in [2.05, 4.69) is 0 Å². The molecule has 2 aromatic rings. The van der Waals surface area contributed by atoms with Crippen molar-refractivity contribution in [3.05, 3.63) is 57.3 Å². The molecule has 1 aromatic carbocycles. The smallest absolute Gasteiger partial charge is 0.338 e. The van der Waals surface area contributed by atoms with Crippen molar-refractivity contribution >= 4 is 29.1 Å². The number of aryl methyl sites for hydroxylation is 2. The minimum atomic E-state index is -0.460. The van der Waals surface area contributed by atoms with Crippen LogP contribution in [0.4, 0.5) is 0 Å². The van der Waals surface area contributed by atoms with E-state index in [1.807, 2.05) is 29.6 Å². The number of rotatable bonds is 4. The van der Waals surface area contributed by atoms with Crippen LogP contribution in [0.1, 0.15) is 44.0 Å². The lowest BCUT2D eigenvalue weighted by Gasteiger charge is -2.34. The summed E-state index contributed by atoms with van der Waals surface area (Å²) in [4.78, 5) is 41.3. The molecule has 1 aromatic heterocycles. The molecule has 0 unspecified atom stereocenters. The van der Waals surface area contributed by atoms with E-state index in [1.54, 1.807) is 15.9 Å². The Morgan fingerprint density at radius 3 is 2.38 bits per heavy atom. The number of thiophene rings is 1. The summed E-state index contributed by atoms with van der Waals surface area (Å²) in [5.41, 5.74) is 3.02. The van der Waals surface area contributed by atoms with Gasteiger partial charge >= 0.3 is 5.97 Å². The largest absolute Gasteiger partial charge is 0.452 e. The molecule has 0 radical (unpaired) electrons. The zero-order chi connectivity index (χ0) is 20.2. The van der Waals surface area contributed by atoms with Crippen LogP contribution < -0.4 is 0 Å². The van der Waals surface area contributed by atoms with E-state index in [1.165, 1.54) is 28.9 Å². The van der Waals surface area contributed by atoms with Crippen molar-refractivity contribution in [2.24, 2.45) is 0 Å². The zero-order valence-electron chi connectivity index (χ0n) is 16.3. The van der Waals surface area contributed by atoms with Gasteiger partial charge in [0.05, 0.1) is 10.4 Å². The number of esters is 1. The van der Waals surface area contributed by atoms with Crippen LogP contribution in [-0.4, -0.2) is 60.4 Å². The topological polar surface area (TPSA) is 66.9 Å². The van der Waals surface area contributed by atoms with Crippen molar-refractivity contribution in [2.75, 3.05) is 32.8 Å². The molecule has 2 aliphatic rings. The number of amides is 2. The molecule has 1 aliphatic heterocycles. The summed E-state index contributed by atoms with van der Waals surface area (Å²) in [5.74, 6) is -0.677. The molecule has 1 fully saturated rings. The van der Waals surface area contributed by atoms with Gasteiger partial charge in [0.1, 0.15) is 0 Å². The fourth-order valence-electron chi connectivity index (χ4n) is 3.88. The molecule has 0 bridgehead atoms. The third-order valence-corrected chi connectivity index (χ3v) is 6.42. The molecule has 1 saturated heterocycles. The number of carbonyl (C=O) groups excluding carboxylic acids is 3. The van der Waals surface area contributed by atoms with Gasteiger partial charge in [-0.1, -0.05) is 12.1 Å². The second kappa shape index (κ2) is 8.78. The van der Waals surface area contributed by atoms with Crippen LogP contribution in [0, 0.1) is 0 Å². The van der Waals surface area contributed by atoms with Crippen LogP contribution in [-0.2, 0) is 22.4 Å². The Bertz CT molecular complexity index is 902. The molecule has 152 valence electrons. The van der Waals surface area contributed by atoms with Crippen molar-refractivity contribution < 1.29 is 19.1 Å². The van der Waals surface area contributed by atoms with Gasteiger partial charge in [0.25, 0.3) is 11.8 Å². The zero-order valence-corrected chi connectivity index (χ0v) is 17.1. The molecule has 6 nitrogen and oxygen atoms in total. The van der Waals surface area contributed by atoms with Crippen molar-refractivity contribution in [1.82, 2.24) is 9.80 Å². The summed E-state index contributed by atoms with van der Waals surface area (Å²) in [5, 5.41) is 1.88. The lowest BCUT2D eigenvalue weighted by Crippen LogP contribution is -2.51. The van der Waals surface area contributed by atoms with Crippen molar-refractivity contribution in [2.45, 2.75) is 25.7 Å². The maximum atomic E-state index is 12.4. The summed E-state index contributed by atoms with van der Waals surface area (Å²) < 4.78 is 5.26. The maximum absolute atomic E-state index is 12.4. The third kappa shape index (κ3) is 4.50. The van der Waals surface area contributed by atoms with Crippen molar-refractivity contribution in [3.63, 3.8) is 0 Å². The number of hydrogen-bond acceptors (Lipinski definition) is 5. The first-order chi connectivity index (χ1) is 14.1. The van der Waals surface area contributed by atoms with Gasteiger partial charge in [0.2, 0.25) is 0 Å². The SMILES string of the molecule is O=C(OCC(=O)N1CCN(C(=O)c2cccs2)CC1)c1ccc2c(c1)CCCC2. The van der Waals surface area contributed by atoms with E-state index in [4.69, 9.17) is 4.74 Å².